The first-order chi connectivity index (χ1) is 6.45. The van der Waals surface area contributed by atoms with Gasteiger partial charge in [0.1, 0.15) is 0 Å². The molecule has 0 aliphatic rings. The Morgan fingerprint density at radius 1 is 1.19 bits per heavy atom. The number of aliphatic carboxylic acids is 1. The Labute approximate surface area is 137 Å². The molecule has 1 N–H and O–H groups in total. The van der Waals surface area contributed by atoms with Gasteiger partial charge in [0.25, 0.3) is 0 Å². The minimum Gasteiger partial charge on any atom is -0.872 e. The van der Waals surface area contributed by atoms with E-state index in [1.54, 1.807) is 0 Å². The molecule has 0 amide bonds. The van der Waals surface area contributed by atoms with Crippen molar-refractivity contribution in [3.05, 3.63) is 29.8 Å². The number of carbonyl (C=O) groups excluding carboxylic acids is 1. The molecule has 0 aliphatic heterocycles. The standard InChI is InChI=1S/C7H6O3.C2H4O2.2Na/c8-6-4-2-1-3-5(6)7(9)10;1-2(3)4;;/h1-4,8H,(H,9,10);1H3,(H,3,4);;/q;;2*+1/p-2. The predicted molar refractivity (Wildman–Crippen MR) is 43.5 cm³/mol. The van der Waals surface area contributed by atoms with E-state index in [0.717, 1.165) is 6.92 Å². The zero-order valence-corrected chi connectivity index (χ0v) is 13.4. The zero-order valence-electron chi connectivity index (χ0n) is 9.39. The summed E-state index contributed by atoms with van der Waals surface area (Å²) in [5, 5.41) is 27.9. The molecular formula is C9H8Na2O5. The van der Waals surface area contributed by atoms with E-state index in [2.05, 4.69) is 0 Å². The van der Waals surface area contributed by atoms with E-state index in [1.165, 1.54) is 24.3 Å². The quantitative estimate of drug-likeness (QED) is 0.493. The molecule has 0 aliphatic carbocycles. The van der Waals surface area contributed by atoms with E-state index in [4.69, 9.17) is 15.0 Å². The van der Waals surface area contributed by atoms with Crippen LogP contribution in [0, 0.1) is 0 Å². The van der Waals surface area contributed by atoms with E-state index in [-0.39, 0.29) is 64.7 Å². The minimum absolute atomic E-state index is 0. The molecule has 1 rings (SSSR count). The van der Waals surface area contributed by atoms with Crippen LogP contribution in [0.25, 0.3) is 0 Å². The Hall–Kier alpha value is -0.0400. The van der Waals surface area contributed by atoms with Crippen LogP contribution >= 0.6 is 0 Å². The van der Waals surface area contributed by atoms with Gasteiger partial charge in [-0.15, -0.1) is 0 Å². The molecular weight excluding hydrogens is 234 g/mol. The summed E-state index contributed by atoms with van der Waals surface area (Å²) in [4.78, 5) is 19.1. The van der Waals surface area contributed by atoms with Crippen LogP contribution in [0.3, 0.4) is 0 Å². The summed E-state index contributed by atoms with van der Waals surface area (Å²) < 4.78 is 0. The van der Waals surface area contributed by atoms with Gasteiger partial charge in [-0.3, -0.25) is 0 Å². The van der Waals surface area contributed by atoms with Crippen LogP contribution in [0.2, 0.25) is 0 Å². The van der Waals surface area contributed by atoms with Gasteiger partial charge in [-0.1, -0.05) is 23.9 Å². The fourth-order valence-corrected chi connectivity index (χ4v) is 0.643. The Morgan fingerprint density at radius 3 is 1.81 bits per heavy atom. The van der Waals surface area contributed by atoms with Crippen molar-refractivity contribution in [2.45, 2.75) is 6.92 Å². The Kier molecular flexibility index (Phi) is 15.2. The van der Waals surface area contributed by atoms with Crippen molar-refractivity contribution in [2.75, 3.05) is 0 Å². The molecule has 7 heteroatoms. The summed E-state index contributed by atoms with van der Waals surface area (Å²) >= 11 is 0. The van der Waals surface area contributed by atoms with Crippen molar-refractivity contribution in [2.24, 2.45) is 0 Å². The van der Waals surface area contributed by atoms with Gasteiger partial charge in [0.05, 0.1) is 5.56 Å². The zero-order chi connectivity index (χ0) is 11.1. The molecule has 16 heavy (non-hydrogen) atoms. The van der Waals surface area contributed by atoms with Crippen LogP contribution < -0.4 is 69.3 Å². The molecule has 1 aromatic rings. The van der Waals surface area contributed by atoms with Crippen molar-refractivity contribution in [3.63, 3.8) is 0 Å². The Bertz CT molecular complexity index is 336. The number of carboxylic acid groups (broad SMARTS) is 2. The Morgan fingerprint density at radius 2 is 1.56 bits per heavy atom. The second-order valence-electron chi connectivity index (χ2n) is 2.29. The smallest absolute Gasteiger partial charge is 0.872 e. The van der Waals surface area contributed by atoms with Crippen LogP contribution in [-0.2, 0) is 4.79 Å². The molecule has 0 aromatic heterocycles. The van der Waals surface area contributed by atoms with Crippen LogP contribution in [0.15, 0.2) is 24.3 Å². The molecule has 0 heterocycles. The summed E-state index contributed by atoms with van der Waals surface area (Å²) in [5.41, 5.74) is -0.178. The molecule has 0 atom stereocenters. The van der Waals surface area contributed by atoms with Crippen molar-refractivity contribution in [1.29, 1.82) is 0 Å². The maximum atomic E-state index is 10.7. The number of rotatable bonds is 1. The summed E-state index contributed by atoms with van der Waals surface area (Å²) in [6.45, 7) is 0.972. The van der Waals surface area contributed by atoms with Gasteiger partial charge in [-0.25, -0.2) is 4.79 Å². The second kappa shape index (κ2) is 11.4. The maximum absolute atomic E-state index is 10.7. The van der Waals surface area contributed by atoms with Gasteiger partial charge >= 0.3 is 65.1 Å². The van der Waals surface area contributed by atoms with E-state index >= 15 is 0 Å². The molecule has 1 aromatic carbocycles. The third-order valence-corrected chi connectivity index (χ3v) is 1.12. The van der Waals surface area contributed by atoms with Crippen molar-refractivity contribution in [1.82, 2.24) is 0 Å². The van der Waals surface area contributed by atoms with Crippen molar-refractivity contribution in [3.8, 4) is 5.75 Å². The Balaban J connectivity index is -0.000000249. The van der Waals surface area contributed by atoms with E-state index in [1.807, 2.05) is 0 Å². The molecule has 0 saturated carbocycles. The van der Waals surface area contributed by atoms with E-state index in [0.29, 0.717) is 0 Å². The molecule has 0 saturated heterocycles. The summed E-state index contributed by atoms with van der Waals surface area (Å²) in [6.07, 6.45) is 0. The number of benzene rings is 1. The fraction of sp³-hybridized carbons (Fsp3) is 0.111. The normalized spacial score (nSPS) is 7.31. The minimum atomic E-state index is -1.18. The average molecular weight is 242 g/mol. The first-order valence-electron chi connectivity index (χ1n) is 3.62. The number of carboxylic acids is 2. The second-order valence-corrected chi connectivity index (χ2v) is 2.29. The summed E-state index contributed by atoms with van der Waals surface area (Å²) in [5.74, 6) is -2.71. The van der Waals surface area contributed by atoms with E-state index < -0.39 is 17.7 Å². The van der Waals surface area contributed by atoms with Crippen LogP contribution in [0.5, 0.6) is 5.75 Å². The largest absolute Gasteiger partial charge is 1.00 e. The van der Waals surface area contributed by atoms with Gasteiger partial charge in [0, 0.05) is 5.97 Å². The monoisotopic (exact) mass is 242 g/mol. The molecule has 0 unspecified atom stereocenters. The third-order valence-electron chi connectivity index (χ3n) is 1.12. The summed E-state index contributed by atoms with van der Waals surface area (Å²) in [6, 6.07) is 5.54. The fourth-order valence-electron chi connectivity index (χ4n) is 0.643. The molecule has 76 valence electrons. The molecule has 5 nitrogen and oxygen atoms in total. The van der Waals surface area contributed by atoms with Crippen LogP contribution in [0.4, 0.5) is 0 Å². The first-order valence-corrected chi connectivity index (χ1v) is 3.62. The van der Waals surface area contributed by atoms with Crippen LogP contribution in [0.1, 0.15) is 17.3 Å². The first kappa shape index (κ1) is 21.3. The van der Waals surface area contributed by atoms with Gasteiger partial charge in [0.2, 0.25) is 0 Å². The van der Waals surface area contributed by atoms with Crippen molar-refractivity contribution < 1.29 is 84.0 Å². The molecule has 0 fully saturated rings. The third kappa shape index (κ3) is 10.5. The topological polar surface area (TPSA) is 100 Å². The average Bonchev–Trinajstić information content (AvgIpc) is 2.03. The maximum Gasteiger partial charge on any atom is 1.00 e. The molecule has 0 bridgehead atoms. The molecule has 0 spiro atoms. The number of carbonyl (C=O) groups is 2. The van der Waals surface area contributed by atoms with Gasteiger partial charge in [0.15, 0.2) is 0 Å². The van der Waals surface area contributed by atoms with E-state index in [9.17, 15) is 9.90 Å². The van der Waals surface area contributed by atoms with Gasteiger partial charge in [-0.05, 0) is 13.0 Å². The number of hydrogen-bond donors (Lipinski definition) is 1. The molecule has 0 radical (unpaired) electrons. The van der Waals surface area contributed by atoms with Crippen molar-refractivity contribution >= 4 is 11.9 Å². The number of aromatic carboxylic acids is 1. The number of hydrogen-bond acceptors (Lipinski definition) is 4. The number of para-hydroxylation sites is 1. The predicted octanol–water partition coefficient (Wildman–Crippen LogP) is -6.78. The SMILES string of the molecule is CC(=O)[O-].O=C(O)c1ccccc1[O-].[Na+].[Na+]. The summed E-state index contributed by atoms with van der Waals surface area (Å²) in [7, 11) is 0. The van der Waals surface area contributed by atoms with Gasteiger partial charge in [-0.2, -0.15) is 0 Å². The van der Waals surface area contributed by atoms with Crippen LogP contribution in [-0.4, -0.2) is 17.0 Å². The van der Waals surface area contributed by atoms with Gasteiger partial charge < -0.3 is 20.1 Å².